The van der Waals surface area contributed by atoms with Crippen molar-refractivity contribution in [1.82, 2.24) is 4.90 Å². The number of nitrogens with zero attached hydrogens (tertiary/aromatic N) is 3. The fourth-order valence-electron chi connectivity index (χ4n) is 2.71. The molecule has 0 amide bonds. The molecule has 0 aromatic heterocycles. The largest absolute Gasteiger partial charge is 0.347 e. The van der Waals surface area contributed by atoms with Crippen molar-refractivity contribution in [2.75, 3.05) is 12.3 Å². The molecule has 126 valence electrons. The van der Waals surface area contributed by atoms with Crippen molar-refractivity contribution in [3.8, 4) is 0 Å². The highest BCUT2D eigenvalue weighted by molar-refractivity contribution is 8.14. The maximum absolute atomic E-state index is 10.9. The molecule has 5 nitrogen and oxygen atoms in total. The van der Waals surface area contributed by atoms with E-state index in [1.807, 2.05) is 6.92 Å². The lowest BCUT2D eigenvalue weighted by atomic mass is 10.0. The van der Waals surface area contributed by atoms with E-state index >= 15 is 0 Å². The Hall–Kier alpha value is -1.56. The molecule has 0 spiro atoms. The highest BCUT2D eigenvalue weighted by atomic mass is 32.2. The van der Waals surface area contributed by atoms with E-state index in [-0.39, 0.29) is 10.6 Å². The van der Waals surface area contributed by atoms with Crippen LogP contribution in [-0.4, -0.2) is 33.3 Å². The molecule has 6 heteroatoms. The van der Waals surface area contributed by atoms with Crippen molar-refractivity contribution in [1.29, 1.82) is 0 Å². The second-order valence-electron chi connectivity index (χ2n) is 6.79. The third kappa shape index (κ3) is 4.25. The molecule has 1 saturated heterocycles. The zero-order chi connectivity index (χ0) is 17.1. The lowest BCUT2D eigenvalue weighted by Crippen LogP contribution is -2.39. The molecule has 2 rings (SSSR count). The van der Waals surface area contributed by atoms with Crippen LogP contribution in [0, 0.1) is 28.9 Å². The summed E-state index contributed by atoms with van der Waals surface area (Å²) in [4.78, 5) is 17.7. The van der Waals surface area contributed by atoms with Crippen molar-refractivity contribution in [3.05, 3.63) is 33.9 Å². The zero-order valence-corrected chi connectivity index (χ0v) is 15.3. The van der Waals surface area contributed by atoms with Crippen molar-refractivity contribution >= 4 is 28.3 Å². The van der Waals surface area contributed by atoms with Crippen LogP contribution < -0.4 is 0 Å². The minimum atomic E-state index is -0.367. The van der Waals surface area contributed by atoms with Gasteiger partial charge < -0.3 is 4.90 Å². The molecule has 1 aliphatic heterocycles. The molecule has 1 unspecified atom stereocenters. The number of thioether (sulfide) groups is 1. The fraction of sp³-hybridized carbons (Fsp3) is 0.588. The Balaban J connectivity index is 2.31. The first kappa shape index (κ1) is 17.8. The number of rotatable bonds is 5. The number of aliphatic imine (C=N–C) groups is 1. The van der Waals surface area contributed by atoms with Crippen LogP contribution in [0.5, 0.6) is 0 Å². The second-order valence-corrected chi connectivity index (χ2v) is 7.78. The fourth-order valence-corrected chi connectivity index (χ4v) is 4.14. The van der Waals surface area contributed by atoms with Gasteiger partial charge in [-0.05, 0) is 30.4 Å². The van der Waals surface area contributed by atoms with Crippen LogP contribution in [0.25, 0.3) is 0 Å². The predicted molar refractivity (Wildman–Crippen MR) is 97.6 cm³/mol. The van der Waals surface area contributed by atoms with Crippen LogP contribution in [0.2, 0.25) is 0 Å². The van der Waals surface area contributed by atoms with Gasteiger partial charge >= 0.3 is 0 Å². The maximum atomic E-state index is 10.9. The normalized spacial score (nSPS) is 20.0. The summed E-state index contributed by atoms with van der Waals surface area (Å²) < 4.78 is 0. The lowest BCUT2D eigenvalue weighted by molar-refractivity contribution is -0.384. The number of amidine groups is 1. The number of nitro benzene ring substituents is 1. The smallest absolute Gasteiger partial charge is 0.269 e. The first-order valence-corrected chi connectivity index (χ1v) is 9.01. The summed E-state index contributed by atoms with van der Waals surface area (Å²) in [5, 5.41) is 11.9. The van der Waals surface area contributed by atoms with Gasteiger partial charge in [-0.25, -0.2) is 4.99 Å². The van der Waals surface area contributed by atoms with E-state index in [9.17, 15) is 10.1 Å². The molecule has 0 N–H and O–H groups in total. The average molecular weight is 335 g/mol. The van der Waals surface area contributed by atoms with Gasteiger partial charge in [0, 0.05) is 30.5 Å². The predicted octanol–water partition coefficient (Wildman–Crippen LogP) is 4.62. The molecule has 0 saturated carbocycles. The van der Waals surface area contributed by atoms with Crippen molar-refractivity contribution < 1.29 is 4.92 Å². The van der Waals surface area contributed by atoms with E-state index < -0.39 is 0 Å². The number of nitro groups is 1. The monoisotopic (exact) mass is 335 g/mol. The van der Waals surface area contributed by atoms with Crippen LogP contribution in [0.4, 0.5) is 11.4 Å². The summed E-state index contributed by atoms with van der Waals surface area (Å²) in [7, 11) is 0. The zero-order valence-electron chi connectivity index (χ0n) is 14.4. The number of hydrogen-bond acceptors (Lipinski definition) is 4. The molecule has 1 aromatic rings. The quantitative estimate of drug-likeness (QED) is 0.582. The van der Waals surface area contributed by atoms with Crippen LogP contribution >= 0.6 is 11.8 Å². The summed E-state index contributed by atoms with van der Waals surface area (Å²) in [6.07, 6.45) is 0. The van der Waals surface area contributed by atoms with Gasteiger partial charge in [-0.2, -0.15) is 0 Å². The van der Waals surface area contributed by atoms with Crippen LogP contribution in [0.15, 0.2) is 23.2 Å². The molecule has 1 atom stereocenters. The minimum Gasteiger partial charge on any atom is -0.347 e. The Bertz CT molecular complexity index is 614. The van der Waals surface area contributed by atoms with Gasteiger partial charge in [-0.3, -0.25) is 10.1 Å². The summed E-state index contributed by atoms with van der Waals surface area (Å²) in [5.41, 5.74) is 1.77. The van der Waals surface area contributed by atoms with Crippen LogP contribution in [0.1, 0.15) is 33.3 Å². The van der Waals surface area contributed by atoms with E-state index in [1.54, 1.807) is 23.9 Å². The third-order valence-corrected chi connectivity index (χ3v) is 5.06. The van der Waals surface area contributed by atoms with Gasteiger partial charge in [-0.1, -0.05) is 39.5 Å². The average Bonchev–Trinajstić information content (AvgIpc) is 2.83. The highest BCUT2D eigenvalue weighted by Crippen LogP contribution is 2.33. The third-order valence-electron chi connectivity index (χ3n) is 3.97. The number of non-ortho nitro benzene ring substituents is 1. The highest BCUT2D eigenvalue weighted by Gasteiger charge is 2.32. The SMILES string of the molecule is Cc1cc([N+](=O)[O-])ccc1N=C1SCC(C(C)C)N1CC(C)C. The molecular formula is C17H25N3O2S. The number of benzene rings is 1. The van der Waals surface area contributed by atoms with E-state index in [2.05, 4.69) is 32.6 Å². The van der Waals surface area contributed by atoms with Crippen molar-refractivity contribution in [3.63, 3.8) is 0 Å². The maximum Gasteiger partial charge on any atom is 0.269 e. The van der Waals surface area contributed by atoms with Crippen molar-refractivity contribution in [2.24, 2.45) is 16.8 Å². The summed E-state index contributed by atoms with van der Waals surface area (Å²) >= 11 is 1.78. The Morgan fingerprint density at radius 2 is 2.09 bits per heavy atom. The number of hydrogen-bond donors (Lipinski definition) is 0. The summed E-state index contributed by atoms with van der Waals surface area (Å²) in [5.74, 6) is 2.19. The topological polar surface area (TPSA) is 58.7 Å². The summed E-state index contributed by atoms with van der Waals surface area (Å²) in [6, 6.07) is 5.36. The van der Waals surface area contributed by atoms with E-state index in [0.29, 0.717) is 17.9 Å². The Morgan fingerprint density at radius 3 is 2.61 bits per heavy atom. The lowest BCUT2D eigenvalue weighted by Gasteiger charge is -2.30. The molecule has 1 aromatic carbocycles. The van der Waals surface area contributed by atoms with Crippen LogP contribution in [0.3, 0.4) is 0 Å². The van der Waals surface area contributed by atoms with Gasteiger partial charge in [0.1, 0.15) is 0 Å². The minimum absolute atomic E-state index is 0.115. The Labute approximate surface area is 142 Å². The van der Waals surface area contributed by atoms with Gasteiger partial charge in [-0.15, -0.1) is 0 Å². The first-order valence-electron chi connectivity index (χ1n) is 8.02. The van der Waals surface area contributed by atoms with E-state index in [0.717, 1.165) is 28.7 Å². The molecule has 0 radical (unpaired) electrons. The Morgan fingerprint density at radius 1 is 1.39 bits per heavy atom. The standard InChI is InChI=1S/C17H25N3O2S/c1-11(2)9-19-16(12(3)4)10-23-17(19)18-15-7-6-14(20(21)22)8-13(15)5/h6-8,11-12,16H,9-10H2,1-5H3. The van der Waals surface area contributed by atoms with Gasteiger partial charge in [0.15, 0.2) is 5.17 Å². The molecule has 1 aliphatic rings. The molecule has 1 fully saturated rings. The molecule has 23 heavy (non-hydrogen) atoms. The second kappa shape index (κ2) is 7.34. The molecule has 1 heterocycles. The van der Waals surface area contributed by atoms with Gasteiger partial charge in [0.25, 0.3) is 5.69 Å². The van der Waals surface area contributed by atoms with Gasteiger partial charge in [0.2, 0.25) is 0 Å². The number of aryl methyl sites for hydroxylation is 1. The first-order chi connectivity index (χ1) is 10.8. The molecular weight excluding hydrogens is 310 g/mol. The Kier molecular flexibility index (Phi) is 5.68. The van der Waals surface area contributed by atoms with E-state index in [1.165, 1.54) is 6.07 Å². The molecule has 0 aliphatic carbocycles. The molecule has 0 bridgehead atoms. The van der Waals surface area contributed by atoms with Crippen LogP contribution in [-0.2, 0) is 0 Å². The summed E-state index contributed by atoms with van der Waals surface area (Å²) in [6.45, 7) is 11.8. The van der Waals surface area contributed by atoms with Crippen molar-refractivity contribution in [2.45, 2.75) is 40.7 Å². The van der Waals surface area contributed by atoms with E-state index in [4.69, 9.17) is 4.99 Å². The van der Waals surface area contributed by atoms with Gasteiger partial charge in [0.05, 0.1) is 10.6 Å².